The Morgan fingerprint density at radius 3 is 2.33 bits per heavy atom. The largest absolute Gasteiger partial charge is 0.508 e. The molecule has 43 heavy (non-hydrogen) atoms. The molecule has 3 aliphatic rings. The highest BCUT2D eigenvalue weighted by Crippen LogP contribution is 2.54. The van der Waals surface area contributed by atoms with E-state index in [0.29, 0.717) is 22.7 Å². The predicted octanol–water partition coefficient (Wildman–Crippen LogP) is 1.97. The number of aromatic hydroxyl groups is 1. The van der Waals surface area contributed by atoms with Gasteiger partial charge in [0.05, 0.1) is 11.6 Å². The van der Waals surface area contributed by atoms with Gasteiger partial charge in [-0.2, -0.15) is 0 Å². The number of Topliss-reactive ketones (excluding diaryl/α,β-unsaturated/α-hetero) is 2. The summed E-state index contributed by atoms with van der Waals surface area (Å²) in [6.07, 6.45) is 0.248. The number of anilines is 1. The number of phenolic OH excluding ortho intramolecular Hbond substituents is 1. The second kappa shape index (κ2) is 11.0. The van der Waals surface area contributed by atoms with E-state index >= 15 is 0 Å². The molecule has 2 aromatic rings. The number of ketones is 2. The van der Waals surface area contributed by atoms with Gasteiger partial charge in [0.2, 0.25) is 5.78 Å². The number of nitrogens with one attached hydrogen (secondary N) is 1. The summed E-state index contributed by atoms with van der Waals surface area (Å²) in [5.41, 5.74) is 4.53. The molecule has 0 spiro atoms. The molecule has 1 saturated carbocycles. The number of likely N-dealkylation sites (N-methyl/N-ethyl adjacent to an activating group) is 1. The van der Waals surface area contributed by atoms with E-state index in [1.165, 1.54) is 4.90 Å². The lowest BCUT2D eigenvalue weighted by Crippen LogP contribution is -2.65. The topological polar surface area (TPSA) is 177 Å². The fourth-order valence-corrected chi connectivity index (χ4v) is 6.95. The summed E-state index contributed by atoms with van der Waals surface area (Å²) in [5.74, 6) is -6.71. The van der Waals surface area contributed by atoms with Gasteiger partial charge in [-0.25, -0.2) is 0 Å². The van der Waals surface area contributed by atoms with Gasteiger partial charge in [-0.15, -0.1) is 0 Å². The Morgan fingerprint density at radius 2 is 1.74 bits per heavy atom. The summed E-state index contributed by atoms with van der Waals surface area (Å²) in [7, 11) is 6.79. The van der Waals surface area contributed by atoms with Crippen LogP contribution in [-0.2, 0) is 33.9 Å². The predicted molar refractivity (Wildman–Crippen MR) is 161 cm³/mol. The highest BCUT2D eigenvalue weighted by atomic mass is 35.5. The number of nitrogens with two attached hydrogens (primary N) is 1. The van der Waals surface area contributed by atoms with Gasteiger partial charge in [0.15, 0.2) is 11.4 Å². The molecule has 7 N–H and O–H groups in total. The zero-order chi connectivity index (χ0) is 31.5. The smallest absolute Gasteiger partial charge is 0.255 e. The van der Waals surface area contributed by atoms with Crippen LogP contribution in [0.3, 0.4) is 0 Å². The zero-order valence-electron chi connectivity index (χ0n) is 24.3. The number of aliphatic hydroxyl groups excluding tert-OH is 2. The van der Waals surface area contributed by atoms with Crippen molar-refractivity contribution in [2.75, 3.05) is 33.1 Å². The molecule has 0 heterocycles. The second-order valence-corrected chi connectivity index (χ2v) is 12.3. The van der Waals surface area contributed by atoms with Crippen LogP contribution in [0.4, 0.5) is 5.69 Å². The maximum atomic E-state index is 14.1. The number of rotatable bonds is 7. The fourth-order valence-electron chi connectivity index (χ4n) is 6.82. The Morgan fingerprint density at radius 1 is 1.09 bits per heavy atom. The molecule has 11 nitrogen and oxygen atoms in total. The molecule has 1 fully saturated rings. The van der Waals surface area contributed by atoms with Crippen molar-refractivity contribution in [2.24, 2.45) is 17.6 Å². The molecule has 228 valence electrons. The molecule has 0 saturated heterocycles. The SMILES string of the molecule is CN(C)c1cc(CNCc2ccc(Cl)cc2)c(O)c2c1C[C@H]1C[C@H]3C(N(C)C)C(=O)C(C(N)=O)=C(O)[C@@]3(O)C(=O)C1=C2O. The lowest BCUT2D eigenvalue weighted by atomic mass is 9.57. The second-order valence-electron chi connectivity index (χ2n) is 11.8. The van der Waals surface area contributed by atoms with Crippen molar-refractivity contribution in [1.82, 2.24) is 10.2 Å². The Bertz CT molecular complexity index is 1600. The van der Waals surface area contributed by atoms with Gasteiger partial charge >= 0.3 is 0 Å². The van der Waals surface area contributed by atoms with Gasteiger partial charge in [-0.1, -0.05) is 23.7 Å². The number of fused-ring (bicyclic) bond motifs is 3. The van der Waals surface area contributed by atoms with Crippen molar-refractivity contribution < 1.29 is 34.8 Å². The van der Waals surface area contributed by atoms with E-state index in [4.69, 9.17) is 17.3 Å². The Hall–Kier alpha value is -3.90. The number of benzene rings is 2. The fraction of sp³-hybridized carbons (Fsp3) is 0.387. The van der Waals surface area contributed by atoms with Crippen LogP contribution in [0.2, 0.25) is 5.02 Å². The van der Waals surface area contributed by atoms with Crippen LogP contribution in [0.1, 0.15) is 28.7 Å². The van der Waals surface area contributed by atoms with E-state index in [0.717, 1.165) is 11.3 Å². The van der Waals surface area contributed by atoms with Crippen molar-refractivity contribution >= 4 is 40.5 Å². The van der Waals surface area contributed by atoms with Crippen LogP contribution in [0.25, 0.3) is 5.76 Å². The maximum Gasteiger partial charge on any atom is 0.255 e. The van der Waals surface area contributed by atoms with Crippen molar-refractivity contribution in [1.29, 1.82) is 0 Å². The molecule has 3 aliphatic carbocycles. The van der Waals surface area contributed by atoms with E-state index in [2.05, 4.69) is 5.32 Å². The van der Waals surface area contributed by atoms with E-state index in [-0.39, 0.29) is 36.3 Å². The monoisotopic (exact) mass is 610 g/mol. The molecule has 2 aromatic carbocycles. The normalized spacial score (nSPS) is 25.0. The Kier molecular flexibility index (Phi) is 7.80. The molecular weight excluding hydrogens is 576 g/mol. The van der Waals surface area contributed by atoms with Crippen LogP contribution >= 0.6 is 11.6 Å². The van der Waals surface area contributed by atoms with E-state index in [9.17, 15) is 34.8 Å². The summed E-state index contributed by atoms with van der Waals surface area (Å²) in [6.45, 7) is 0.708. The summed E-state index contributed by atoms with van der Waals surface area (Å²) >= 11 is 5.97. The lowest BCUT2D eigenvalue weighted by Gasteiger charge is -2.50. The maximum absolute atomic E-state index is 14.1. The molecule has 0 bridgehead atoms. The molecule has 4 atom stereocenters. The molecule has 5 rings (SSSR count). The molecular formula is C31H35ClN4O7. The number of halogens is 1. The van der Waals surface area contributed by atoms with Crippen molar-refractivity contribution in [3.05, 3.63) is 74.5 Å². The van der Waals surface area contributed by atoms with Gasteiger partial charge < -0.3 is 36.4 Å². The van der Waals surface area contributed by atoms with Gasteiger partial charge in [0, 0.05) is 54.9 Å². The van der Waals surface area contributed by atoms with Crippen molar-refractivity contribution in [2.45, 2.75) is 37.6 Å². The first-order valence-electron chi connectivity index (χ1n) is 13.8. The molecule has 0 aliphatic heterocycles. The quantitative estimate of drug-likeness (QED) is 0.254. The summed E-state index contributed by atoms with van der Waals surface area (Å²) in [6, 6.07) is 8.01. The molecule has 1 amide bonds. The third-order valence-electron chi connectivity index (χ3n) is 8.82. The van der Waals surface area contributed by atoms with Gasteiger partial charge in [0.25, 0.3) is 5.91 Å². The molecule has 1 unspecified atom stereocenters. The van der Waals surface area contributed by atoms with E-state index in [1.807, 2.05) is 37.2 Å². The van der Waals surface area contributed by atoms with Gasteiger partial charge in [-0.3, -0.25) is 19.3 Å². The number of primary amides is 1. The minimum Gasteiger partial charge on any atom is -0.508 e. The number of aliphatic hydroxyl groups is 3. The van der Waals surface area contributed by atoms with E-state index < -0.39 is 58.0 Å². The average Bonchev–Trinajstić information content (AvgIpc) is 2.92. The van der Waals surface area contributed by atoms with Crippen LogP contribution in [0.5, 0.6) is 5.75 Å². The zero-order valence-corrected chi connectivity index (χ0v) is 25.1. The molecule has 0 aromatic heterocycles. The van der Waals surface area contributed by atoms with Crippen molar-refractivity contribution in [3.63, 3.8) is 0 Å². The van der Waals surface area contributed by atoms with E-state index in [1.54, 1.807) is 26.2 Å². The number of hydrogen-bond acceptors (Lipinski definition) is 10. The summed E-state index contributed by atoms with van der Waals surface area (Å²) in [4.78, 5) is 42.9. The number of nitrogens with zero attached hydrogens (tertiary/aromatic N) is 2. The number of hydrogen-bond donors (Lipinski definition) is 6. The third-order valence-corrected chi connectivity index (χ3v) is 9.07. The average molecular weight is 611 g/mol. The third kappa shape index (κ3) is 4.76. The highest BCUT2D eigenvalue weighted by Gasteiger charge is 2.64. The highest BCUT2D eigenvalue weighted by molar-refractivity contribution is 6.30. The van der Waals surface area contributed by atoms with Crippen LogP contribution < -0.4 is 16.0 Å². The molecule has 12 heteroatoms. The van der Waals surface area contributed by atoms with Crippen molar-refractivity contribution in [3.8, 4) is 5.75 Å². The standard InChI is InChI=1S/C31H35ClN4O7/c1-35(2)20-11-16(13-34-12-14-5-7-17(32)8-6-14)25(37)22-18(20)9-15-10-19-24(36(3)4)27(39)23(30(33)42)29(41)31(19,43)28(40)21(15)26(22)38/h5-8,11,15,19,24,34,37-38,41,43H,9-10,12-13H2,1-4H3,(H2,33,42)/t15-,19-,24?,31-/m0/s1. The Labute approximate surface area is 253 Å². The van der Waals surface area contributed by atoms with Crippen LogP contribution in [0.15, 0.2) is 47.2 Å². The lowest BCUT2D eigenvalue weighted by molar-refractivity contribution is -0.153. The minimum absolute atomic E-state index is 0.0315. The van der Waals surface area contributed by atoms with Crippen LogP contribution in [-0.4, -0.2) is 82.6 Å². The molecule has 0 radical (unpaired) electrons. The van der Waals surface area contributed by atoms with Gasteiger partial charge in [0.1, 0.15) is 22.8 Å². The number of phenols is 1. The summed E-state index contributed by atoms with van der Waals surface area (Å²) < 4.78 is 0. The first-order valence-corrected chi connectivity index (χ1v) is 14.2. The first kappa shape index (κ1) is 30.6. The first-order chi connectivity index (χ1) is 20.2. The van der Waals surface area contributed by atoms with Gasteiger partial charge in [-0.05, 0) is 62.2 Å². The van der Waals surface area contributed by atoms with Crippen LogP contribution in [0, 0.1) is 11.8 Å². The number of carbonyl (C=O) groups excluding carboxylic acids is 3. The number of carbonyl (C=O) groups is 3. The number of amides is 1. The Balaban J connectivity index is 1.61. The summed E-state index contributed by atoms with van der Waals surface area (Å²) in [5, 5.41) is 49.8. The minimum atomic E-state index is -2.68.